The number of rotatable bonds is 3. The Labute approximate surface area is 131 Å². The number of ether oxygens (including phenoxy) is 1. The molecule has 0 aliphatic carbocycles. The van der Waals surface area contributed by atoms with Crippen LogP contribution in [0.5, 0.6) is 5.75 Å². The highest BCUT2D eigenvalue weighted by Crippen LogP contribution is 2.34. The molecule has 0 radical (unpaired) electrons. The lowest BCUT2D eigenvalue weighted by Gasteiger charge is -2.17. The van der Waals surface area contributed by atoms with Crippen LogP contribution in [0.4, 0.5) is 5.69 Å². The Kier molecular flexibility index (Phi) is 5.40. The van der Waals surface area contributed by atoms with Gasteiger partial charge >= 0.3 is 0 Å². The molecule has 0 bridgehead atoms. The Morgan fingerprint density at radius 1 is 1.48 bits per heavy atom. The number of halogens is 1. The SMILES string of the molecule is C=C/C=C1/C=Nc2cc(Cl)ccc2O/C(=C/C(C)CC)C1. The molecule has 1 aliphatic heterocycles. The molecule has 110 valence electrons. The van der Waals surface area contributed by atoms with Crippen molar-refractivity contribution < 1.29 is 4.74 Å². The standard InChI is InChI=1S/C18H20ClNO/c1-4-6-14-10-16(9-13(3)5-2)21-18-8-7-15(19)11-17(18)20-12-14/h4,6-9,11-13H,1,5,10H2,2-3H3/b14-6+,16-9+,20-12?. The van der Waals surface area contributed by atoms with Crippen molar-refractivity contribution in [1.29, 1.82) is 0 Å². The van der Waals surface area contributed by atoms with Crippen molar-refractivity contribution in [1.82, 2.24) is 0 Å². The molecule has 0 saturated carbocycles. The first-order valence-corrected chi connectivity index (χ1v) is 7.54. The van der Waals surface area contributed by atoms with Crippen LogP contribution in [0.2, 0.25) is 5.02 Å². The van der Waals surface area contributed by atoms with E-state index in [2.05, 4.69) is 31.5 Å². The number of benzene rings is 1. The molecule has 1 aromatic carbocycles. The van der Waals surface area contributed by atoms with E-state index in [9.17, 15) is 0 Å². The minimum Gasteiger partial charge on any atom is -0.459 e. The first-order chi connectivity index (χ1) is 10.1. The monoisotopic (exact) mass is 301 g/mol. The number of nitrogens with zero attached hydrogens (tertiary/aromatic N) is 1. The van der Waals surface area contributed by atoms with Crippen molar-refractivity contribution in [3.05, 3.63) is 59.4 Å². The zero-order chi connectivity index (χ0) is 15.2. The zero-order valence-electron chi connectivity index (χ0n) is 12.5. The molecule has 0 fully saturated rings. The van der Waals surface area contributed by atoms with Crippen molar-refractivity contribution in [3.63, 3.8) is 0 Å². The fraction of sp³-hybridized carbons (Fsp3) is 0.278. The maximum absolute atomic E-state index is 6.05. The van der Waals surface area contributed by atoms with Crippen LogP contribution in [-0.4, -0.2) is 6.21 Å². The van der Waals surface area contributed by atoms with E-state index in [1.807, 2.05) is 30.5 Å². The molecule has 0 aromatic heterocycles. The summed E-state index contributed by atoms with van der Waals surface area (Å²) in [6.45, 7) is 8.10. The molecule has 2 nitrogen and oxygen atoms in total. The van der Waals surface area contributed by atoms with E-state index in [-0.39, 0.29) is 0 Å². The van der Waals surface area contributed by atoms with Gasteiger partial charge in [0.05, 0.1) is 0 Å². The largest absolute Gasteiger partial charge is 0.459 e. The third kappa shape index (κ3) is 4.33. The van der Waals surface area contributed by atoms with Crippen LogP contribution in [0, 0.1) is 5.92 Å². The minimum absolute atomic E-state index is 0.470. The van der Waals surface area contributed by atoms with Gasteiger partial charge in [-0.05, 0) is 42.2 Å². The summed E-state index contributed by atoms with van der Waals surface area (Å²) in [7, 11) is 0. The summed E-state index contributed by atoms with van der Waals surface area (Å²) >= 11 is 6.04. The van der Waals surface area contributed by atoms with Crippen LogP contribution < -0.4 is 4.74 Å². The summed E-state index contributed by atoms with van der Waals surface area (Å²) in [6.07, 6.45) is 9.53. The molecule has 0 saturated heterocycles. The maximum atomic E-state index is 6.05. The smallest absolute Gasteiger partial charge is 0.152 e. The van der Waals surface area contributed by atoms with Gasteiger partial charge in [-0.3, -0.25) is 4.99 Å². The van der Waals surface area contributed by atoms with Gasteiger partial charge in [0.25, 0.3) is 0 Å². The minimum atomic E-state index is 0.470. The van der Waals surface area contributed by atoms with Gasteiger partial charge in [0.15, 0.2) is 5.75 Å². The third-order valence-corrected chi connectivity index (χ3v) is 3.59. The molecule has 1 unspecified atom stereocenters. The van der Waals surface area contributed by atoms with Crippen LogP contribution in [0.1, 0.15) is 26.7 Å². The summed E-state index contributed by atoms with van der Waals surface area (Å²) < 4.78 is 6.05. The normalized spacial score (nSPS) is 19.6. The lowest BCUT2D eigenvalue weighted by atomic mass is 10.0. The fourth-order valence-corrected chi connectivity index (χ4v) is 2.20. The molecular weight excluding hydrogens is 282 g/mol. The first kappa shape index (κ1) is 15.6. The summed E-state index contributed by atoms with van der Waals surface area (Å²) in [5.41, 5.74) is 1.80. The van der Waals surface area contributed by atoms with Crippen molar-refractivity contribution in [2.45, 2.75) is 26.7 Å². The Bertz CT molecular complexity index is 614. The van der Waals surface area contributed by atoms with Crippen LogP contribution >= 0.6 is 11.6 Å². The zero-order valence-corrected chi connectivity index (χ0v) is 13.2. The van der Waals surface area contributed by atoms with E-state index >= 15 is 0 Å². The van der Waals surface area contributed by atoms with Gasteiger partial charge in [-0.2, -0.15) is 0 Å². The molecule has 1 aliphatic rings. The lowest BCUT2D eigenvalue weighted by Crippen LogP contribution is -2.03. The highest BCUT2D eigenvalue weighted by Gasteiger charge is 2.12. The molecule has 1 atom stereocenters. The topological polar surface area (TPSA) is 21.6 Å². The molecule has 3 heteroatoms. The van der Waals surface area contributed by atoms with Gasteiger partial charge in [-0.25, -0.2) is 0 Å². The average Bonchev–Trinajstić information content (AvgIpc) is 2.45. The van der Waals surface area contributed by atoms with Crippen molar-refractivity contribution in [3.8, 4) is 5.75 Å². The van der Waals surface area contributed by atoms with E-state index in [4.69, 9.17) is 16.3 Å². The highest BCUT2D eigenvalue weighted by atomic mass is 35.5. The Balaban J connectivity index is 2.45. The summed E-state index contributed by atoms with van der Waals surface area (Å²) in [5, 5.41) is 0.650. The van der Waals surface area contributed by atoms with Crippen molar-refractivity contribution >= 4 is 23.5 Å². The number of hydrogen-bond donors (Lipinski definition) is 0. The van der Waals surface area contributed by atoms with Crippen molar-refractivity contribution in [2.24, 2.45) is 10.9 Å². The summed E-state index contributed by atoms with van der Waals surface area (Å²) in [5.74, 6) is 2.15. The highest BCUT2D eigenvalue weighted by molar-refractivity contribution is 6.30. The molecule has 1 heterocycles. The number of fused-ring (bicyclic) bond motifs is 1. The van der Waals surface area contributed by atoms with E-state index in [1.165, 1.54) is 0 Å². The average molecular weight is 302 g/mol. The van der Waals surface area contributed by atoms with Gasteiger partial charge < -0.3 is 4.74 Å². The van der Waals surface area contributed by atoms with Gasteiger partial charge in [-0.1, -0.05) is 44.2 Å². The van der Waals surface area contributed by atoms with Crippen LogP contribution in [-0.2, 0) is 0 Å². The first-order valence-electron chi connectivity index (χ1n) is 7.16. The van der Waals surface area contributed by atoms with Gasteiger partial charge in [0.2, 0.25) is 0 Å². The second-order valence-electron chi connectivity index (χ2n) is 5.14. The second kappa shape index (κ2) is 7.28. The quantitative estimate of drug-likeness (QED) is 0.684. The molecule has 21 heavy (non-hydrogen) atoms. The number of hydrogen-bond acceptors (Lipinski definition) is 2. The summed E-state index contributed by atoms with van der Waals surface area (Å²) in [4.78, 5) is 4.46. The van der Waals surface area contributed by atoms with Crippen LogP contribution in [0.3, 0.4) is 0 Å². The Morgan fingerprint density at radius 3 is 3.00 bits per heavy atom. The predicted molar refractivity (Wildman–Crippen MR) is 90.7 cm³/mol. The van der Waals surface area contributed by atoms with E-state index in [0.717, 1.165) is 29.2 Å². The second-order valence-corrected chi connectivity index (χ2v) is 5.58. The van der Waals surface area contributed by atoms with E-state index in [1.54, 1.807) is 6.08 Å². The molecule has 0 amide bonds. The third-order valence-electron chi connectivity index (χ3n) is 3.36. The number of allylic oxidation sites excluding steroid dienone is 4. The molecule has 1 aromatic rings. The van der Waals surface area contributed by atoms with E-state index < -0.39 is 0 Å². The lowest BCUT2D eigenvalue weighted by molar-refractivity contribution is 0.406. The molecule has 2 rings (SSSR count). The van der Waals surface area contributed by atoms with Gasteiger partial charge in [0, 0.05) is 17.7 Å². The molecule has 0 spiro atoms. The maximum Gasteiger partial charge on any atom is 0.152 e. The Morgan fingerprint density at radius 2 is 2.29 bits per heavy atom. The summed E-state index contributed by atoms with van der Waals surface area (Å²) in [6, 6.07) is 5.49. The van der Waals surface area contributed by atoms with Crippen molar-refractivity contribution in [2.75, 3.05) is 0 Å². The fourth-order valence-electron chi connectivity index (χ4n) is 2.04. The molecule has 0 N–H and O–H groups in total. The van der Waals surface area contributed by atoms with Crippen LogP contribution in [0.25, 0.3) is 0 Å². The predicted octanol–water partition coefficient (Wildman–Crippen LogP) is 5.87. The molecular formula is C18H20ClNO. The van der Waals surface area contributed by atoms with Gasteiger partial charge in [-0.15, -0.1) is 0 Å². The Hall–Kier alpha value is -1.80. The number of aliphatic imine (C=N–C) groups is 1. The van der Waals surface area contributed by atoms with E-state index in [0.29, 0.717) is 17.4 Å². The van der Waals surface area contributed by atoms with Gasteiger partial charge in [0.1, 0.15) is 11.4 Å². The van der Waals surface area contributed by atoms with Crippen LogP contribution in [0.15, 0.2) is 59.3 Å².